The molecule has 4 rings (SSSR count). The van der Waals surface area contributed by atoms with Gasteiger partial charge in [0.15, 0.2) is 0 Å². The van der Waals surface area contributed by atoms with Crippen molar-refractivity contribution in [1.29, 1.82) is 0 Å². The molecular formula is C24H33FN6O. The minimum atomic E-state index is -0.265. The number of carbonyl (C=O) groups excluding carboxylic acids is 1. The minimum Gasteiger partial charge on any atom is -0.353 e. The molecule has 0 bridgehead atoms. The van der Waals surface area contributed by atoms with E-state index < -0.39 is 0 Å². The Morgan fingerprint density at radius 1 is 1.06 bits per heavy atom. The smallest absolute Gasteiger partial charge is 0.234 e. The summed E-state index contributed by atoms with van der Waals surface area (Å²) in [7, 11) is 4.27. The molecule has 0 unspecified atom stereocenters. The highest BCUT2D eigenvalue weighted by Crippen LogP contribution is 2.22. The molecule has 2 fully saturated rings. The molecule has 2 aliphatic rings. The molecule has 2 heterocycles. The SMILES string of the molecule is CN(C)[C@H]1CC[C@H](NC(=O)CN2CCN(c3cncc(-c4ccc(F)cc4)n3)CC2)CC1. The van der Waals surface area contributed by atoms with E-state index in [1.165, 1.54) is 12.1 Å². The number of benzene rings is 1. The van der Waals surface area contributed by atoms with Gasteiger partial charge in [-0.3, -0.25) is 14.7 Å². The van der Waals surface area contributed by atoms with Gasteiger partial charge < -0.3 is 15.1 Å². The lowest BCUT2D eigenvalue weighted by Crippen LogP contribution is -2.51. The molecule has 2 aromatic rings. The third-order valence-corrected chi connectivity index (χ3v) is 6.62. The van der Waals surface area contributed by atoms with E-state index in [0.29, 0.717) is 18.6 Å². The molecule has 8 heteroatoms. The minimum absolute atomic E-state index is 0.129. The molecule has 1 saturated heterocycles. The van der Waals surface area contributed by atoms with Gasteiger partial charge in [0.2, 0.25) is 5.91 Å². The number of carbonyl (C=O) groups is 1. The van der Waals surface area contributed by atoms with Gasteiger partial charge in [0.25, 0.3) is 0 Å². The number of hydrogen-bond acceptors (Lipinski definition) is 6. The molecule has 1 saturated carbocycles. The Kier molecular flexibility index (Phi) is 7.32. The number of aromatic nitrogens is 2. The van der Waals surface area contributed by atoms with Gasteiger partial charge in [-0.15, -0.1) is 0 Å². The van der Waals surface area contributed by atoms with Crippen LogP contribution in [0, 0.1) is 5.82 Å². The summed E-state index contributed by atoms with van der Waals surface area (Å²) >= 11 is 0. The van der Waals surface area contributed by atoms with Crippen LogP contribution < -0.4 is 10.2 Å². The molecule has 0 radical (unpaired) electrons. The van der Waals surface area contributed by atoms with E-state index in [4.69, 9.17) is 4.98 Å². The summed E-state index contributed by atoms with van der Waals surface area (Å²) < 4.78 is 13.2. The predicted molar refractivity (Wildman–Crippen MR) is 124 cm³/mol. The molecular weight excluding hydrogens is 407 g/mol. The van der Waals surface area contributed by atoms with Crippen molar-refractivity contribution in [3.63, 3.8) is 0 Å². The maximum atomic E-state index is 13.2. The first kappa shape index (κ1) is 22.6. The van der Waals surface area contributed by atoms with E-state index in [2.05, 4.69) is 39.1 Å². The molecule has 1 aliphatic heterocycles. The van der Waals surface area contributed by atoms with Crippen LogP contribution in [0.15, 0.2) is 36.7 Å². The molecule has 1 N–H and O–H groups in total. The number of hydrogen-bond donors (Lipinski definition) is 1. The fourth-order valence-corrected chi connectivity index (χ4v) is 4.62. The second-order valence-electron chi connectivity index (χ2n) is 9.07. The van der Waals surface area contributed by atoms with Crippen LogP contribution in [0.25, 0.3) is 11.3 Å². The Labute approximate surface area is 189 Å². The van der Waals surface area contributed by atoms with Gasteiger partial charge in [0, 0.05) is 43.8 Å². The van der Waals surface area contributed by atoms with Gasteiger partial charge in [-0.25, -0.2) is 9.37 Å². The average molecular weight is 441 g/mol. The molecule has 1 aromatic carbocycles. The summed E-state index contributed by atoms with van der Waals surface area (Å²) in [5.41, 5.74) is 1.57. The van der Waals surface area contributed by atoms with Crippen LogP contribution in [-0.2, 0) is 4.79 Å². The normalized spacial score (nSPS) is 22.2. The number of rotatable bonds is 6. The van der Waals surface area contributed by atoms with Crippen molar-refractivity contribution >= 4 is 11.7 Å². The Hall–Kier alpha value is -2.58. The van der Waals surface area contributed by atoms with Crippen molar-refractivity contribution in [3.8, 4) is 11.3 Å². The lowest BCUT2D eigenvalue weighted by Gasteiger charge is -2.36. The predicted octanol–water partition coefficient (Wildman–Crippen LogP) is 2.39. The van der Waals surface area contributed by atoms with Crippen LogP contribution >= 0.6 is 0 Å². The van der Waals surface area contributed by atoms with E-state index in [0.717, 1.165) is 68.9 Å². The molecule has 1 amide bonds. The van der Waals surface area contributed by atoms with Gasteiger partial charge >= 0.3 is 0 Å². The second kappa shape index (κ2) is 10.4. The fourth-order valence-electron chi connectivity index (χ4n) is 4.62. The van der Waals surface area contributed by atoms with Crippen molar-refractivity contribution in [3.05, 3.63) is 42.5 Å². The molecule has 172 valence electrons. The largest absolute Gasteiger partial charge is 0.353 e. The second-order valence-corrected chi connectivity index (χ2v) is 9.07. The number of nitrogens with one attached hydrogen (secondary N) is 1. The van der Waals surface area contributed by atoms with Gasteiger partial charge in [-0.2, -0.15) is 0 Å². The Bertz CT molecular complexity index is 890. The molecule has 1 aliphatic carbocycles. The third kappa shape index (κ3) is 5.81. The number of halogens is 1. The number of anilines is 1. The van der Waals surface area contributed by atoms with Crippen molar-refractivity contribution in [2.45, 2.75) is 37.8 Å². The van der Waals surface area contributed by atoms with Gasteiger partial charge in [0.05, 0.1) is 24.6 Å². The molecule has 0 atom stereocenters. The van der Waals surface area contributed by atoms with Crippen molar-refractivity contribution in [2.75, 3.05) is 51.7 Å². The Balaban J connectivity index is 1.24. The first-order valence-corrected chi connectivity index (χ1v) is 11.5. The summed E-state index contributed by atoms with van der Waals surface area (Å²) in [6.45, 7) is 3.65. The molecule has 7 nitrogen and oxygen atoms in total. The topological polar surface area (TPSA) is 64.6 Å². The van der Waals surface area contributed by atoms with Crippen LogP contribution in [0.1, 0.15) is 25.7 Å². The molecule has 1 aromatic heterocycles. The van der Waals surface area contributed by atoms with Gasteiger partial charge in [-0.1, -0.05) is 0 Å². The van der Waals surface area contributed by atoms with Crippen LogP contribution in [0.5, 0.6) is 0 Å². The lowest BCUT2D eigenvalue weighted by molar-refractivity contribution is -0.123. The van der Waals surface area contributed by atoms with Gasteiger partial charge in [0.1, 0.15) is 11.6 Å². The standard InChI is InChI=1S/C24H33FN6O/c1-29(2)21-9-7-20(8-10-21)27-24(32)17-30-11-13-31(14-12-30)23-16-26-15-22(28-23)18-3-5-19(25)6-4-18/h3-6,15-16,20-21H,7-14,17H2,1-2H3,(H,27,32)/t20-,21-. The van der Waals surface area contributed by atoms with Crippen molar-refractivity contribution in [2.24, 2.45) is 0 Å². The number of nitrogens with zero attached hydrogens (tertiary/aromatic N) is 5. The summed E-state index contributed by atoms with van der Waals surface area (Å²) in [6, 6.07) is 7.24. The maximum absolute atomic E-state index is 13.2. The van der Waals surface area contributed by atoms with Crippen LogP contribution in [0.2, 0.25) is 0 Å². The summed E-state index contributed by atoms with van der Waals surface area (Å²) in [6.07, 6.45) is 7.88. The van der Waals surface area contributed by atoms with E-state index in [1.54, 1.807) is 24.5 Å². The molecule has 0 spiro atoms. The van der Waals surface area contributed by atoms with E-state index in [1.807, 2.05) is 0 Å². The van der Waals surface area contributed by atoms with E-state index in [9.17, 15) is 9.18 Å². The van der Waals surface area contributed by atoms with Crippen LogP contribution in [0.3, 0.4) is 0 Å². The van der Waals surface area contributed by atoms with Crippen LogP contribution in [0.4, 0.5) is 10.2 Å². The highest BCUT2D eigenvalue weighted by molar-refractivity contribution is 5.78. The van der Waals surface area contributed by atoms with Crippen molar-refractivity contribution in [1.82, 2.24) is 25.1 Å². The summed E-state index contributed by atoms with van der Waals surface area (Å²) in [5, 5.41) is 3.24. The molecule has 32 heavy (non-hydrogen) atoms. The first-order valence-electron chi connectivity index (χ1n) is 11.5. The average Bonchev–Trinajstić information content (AvgIpc) is 2.80. The Morgan fingerprint density at radius 3 is 2.41 bits per heavy atom. The zero-order chi connectivity index (χ0) is 22.5. The lowest BCUT2D eigenvalue weighted by atomic mass is 9.90. The monoisotopic (exact) mass is 440 g/mol. The highest BCUT2D eigenvalue weighted by atomic mass is 19.1. The van der Waals surface area contributed by atoms with E-state index in [-0.39, 0.29) is 11.7 Å². The number of piperazine rings is 1. The zero-order valence-corrected chi connectivity index (χ0v) is 19.0. The fraction of sp³-hybridized carbons (Fsp3) is 0.542. The highest BCUT2D eigenvalue weighted by Gasteiger charge is 2.25. The zero-order valence-electron chi connectivity index (χ0n) is 19.0. The third-order valence-electron chi connectivity index (χ3n) is 6.62. The quantitative estimate of drug-likeness (QED) is 0.744. The van der Waals surface area contributed by atoms with Crippen molar-refractivity contribution < 1.29 is 9.18 Å². The van der Waals surface area contributed by atoms with Gasteiger partial charge in [-0.05, 0) is 64.0 Å². The maximum Gasteiger partial charge on any atom is 0.234 e. The van der Waals surface area contributed by atoms with E-state index >= 15 is 0 Å². The summed E-state index contributed by atoms with van der Waals surface area (Å²) in [5.74, 6) is 0.678. The van der Waals surface area contributed by atoms with Crippen LogP contribution in [-0.4, -0.2) is 84.6 Å². The Morgan fingerprint density at radius 2 is 1.75 bits per heavy atom. The first-order chi connectivity index (χ1) is 15.5. The number of amides is 1. The summed E-state index contributed by atoms with van der Waals surface area (Å²) in [4.78, 5) is 28.3.